The third-order valence-electron chi connectivity index (χ3n) is 3.92. The number of ether oxygens (including phenoxy) is 1. The van der Waals surface area contributed by atoms with Crippen molar-refractivity contribution in [3.8, 4) is 5.75 Å². The zero-order valence-corrected chi connectivity index (χ0v) is 14.5. The molecule has 1 heterocycles. The molecule has 0 atom stereocenters. The van der Waals surface area contributed by atoms with Crippen molar-refractivity contribution in [3.05, 3.63) is 42.2 Å². The standard InChI is InChI=1S/C18H26N4O2/c1-3-4-12-21(15-16-7-9-17(24-2)10-8-16)18(23)6-5-13-22-14-11-19-20-22/h7-11,14H,3-6,12-13,15H2,1-2H3. The molecule has 0 aliphatic rings. The molecule has 0 saturated carbocycles. The van der Waals surface area contributed by atoms with Crippen LogP contribution in [-0.4, -0.2) is 39.5 Å². The molecule has 24 heavy (non-hydrogen) atoms. The minimum atomic E-state index is 0.194. The Balaban J connectivity index is 1.88. The van der Waals surface area contributed by atoms with Crippen LogP contribution in [0, 0.1) is 0 Å². The molecule has 1 aromatic carbocycles. The highest BCUT2D eigenvalue weighted by Crippen LogP contribution is 2.14. The van der Waals surface area contributed by atoms with Gasteiger partial charge in [-0.15, -0.1) is 5.10 Å². The van der Waals surface area contributed by atoms with E-state index in [1.165, 1.54) is 0 Å². The maximum absolute atomic E-state index is 12.6. The predicted molar refractivity (Wildman–Crippen MR) is 92.6 cm³/mol. The van der Waals surface area contributed by atoms with Crippen LogP contribution < -0.4 is 4.74 Å². The number of rotatable bonds is 10. The molecule has 6 heteroatoms. The van der Waals surface area contributed by atoms with Crippen LogP contribution in [0.2, 0.25) is 0 Å². The molecule has 130 valence electrons. The third kappa shape index (κ3) is 5.68. The van der Waals surface area contributed by atoms with Crippen LogP contribution >= 0.6 is 0 Å². The molecule has 1 amide bonds. The Kier molecular flexibility index (Phi) is 7.26. The number of nitrogens with zero attached hydrogens (tertiary/aromatic N) is 4. The van der Waals surface area contributed by atoms with Gasteiger partial charge in [-0.05, 0) is 30.5 Å². The molecule has 0 aliphatic heterocycles. The first kappa shape index (κ1) is 18.0. The van der Waals surface area contributed by atoms with Crippen molar-refractivity contribution in [2.75, 3.05) is 13.7 Å². The minimum Gasteiger partial charge on any atom is -0.497 e. The van der Waals surface area contributed by atoms with Crippen LogP contribution in [0.3, 0.4) is 0 Å². The zero-order valence-electron chi connectivity index (χ0n) is 14.5. The molecule has 2 rings (SSSR count). The molecule has 2 aromatic rings. The van der Waals surface area contributed by atoms with E-state index >= 15 is 0 Å². The van der Waals surface area contributed by atoms with E-state index in [4.69, 9.17) is 4.74 Å². The van der Waals surface area contributed by atoms with Gasteiger partial charge in [-0.1, -0.05) is 30.7 Å². The van der Waals surface area contributed by atoms with Crippen molar-refractivity contribution < 1.29 is 9.53 Å². The number of carbonyl (C=O) groups excluding carboxylic acids is 1. The summed E-state index contributed by atoms with van der Waals surface area (Å²) in [4.78, 5) is 14.5. The fourth-order valence-electron chi connectivity index (χ4n) is 2.49. The van der Waals surface area contributed by atoms with E-state index in [1.807, 2.05) is 35.4 Å². The summed E-state index contributed by atoms with van der Waals surface area (Å²) < 4.78 is 6.94. The predicted octanol–water partition coefficient (Wildman–Crippen LogP) is 2.90. The first-order valence-corrected chi connectivity index (χ1v) is 8.47. The summed E-state index contributed by atoms with van der Waals surface area (Å²) in [6, 6.07) is 7.89. The lowest BCUT2D eigenvalue weighted by Gasteiger charge is -2.23. The molecule has 0 unspecified atom stereocenters. The molecule has 6 nitrogen and oxygen atoms in total. The number of carbonyl (C=O) groups is 1. The number of methoxy groups -OCH3 is 1. The van der Waals surface area contributed by atoms with Crippen LogP contribution in [0.1, 0.15) is 38.2 Å². The summed E-state index contributed by atoms with van der Waals surface area (Å²) in [6.07, 6.45) is 6.86. The van der Waals surface area contributed by atoms with Gasteiger partial charge in [-0.25, -0.2) is 0 Å². The second-order valence-corrected chi connectivity index (χ2v) is 5.79. The quantitative estimate of drug-likeness (QED) is 0.672. The van der Waals surface area contributed by atoms with Gasteiger partial charge in [0.05, 0.1) is 13.3 Å². The van der Waals surface area contributed by atoms with E-state index in [0.29, 0.717) is 13.0 Å². The van der Waals surface area contributed by atoms with Crippen LogP contribution in [0.15, 0.2) is 36.7 Å². The van der Waals surface area contributed by atoms with Crippen molar-refractivity contribution >= 4 is 5.91 Å². The van der Waals surface area contributed by atoms with Crippen LogP contribution in [0.25, 0.3) is 0 Å². The van der Waals surface area contributed by atoms with Crippen molar-refractivity contribution in [3.63, 3.8) is 0 Å². The number of aryl methyl sites for hydroxylation is 1. The normalized spacial score (nSPS) is 10.6. The van der Waals surface area contributed by atoms with E-state index in [-0.39, 0.29) is 5.91 Å². The topological polar surface area (TPSA) is 60.2 Å². The Hall–Kier alpha value is -2.37. The van der Waals surface area contributed by atoms with E-state index in [2.05, 4.69) is 17.2 Å². The zero-order chi connectivity index (χ0) is 17.2. The Morgan fingerprint density at radius 3 is 2.67 bits per heavy atom. The van der Waals surface area contributed by atoms with E-state index in [1.54, 1.807) is 18.0 Å². The first-order chi connectivity index (χ1) is 11.7. The van der Waals surface area contributed by atoms with Gasteiger partial charge in [0.2, 0.25) is 5.91 Å². The van der Waals surface area contributed by atoms with Crippen LogP contribution in [0.4, 0.5) is 0 Å². The highest BCUT2D eigenvalue weighted by molar-refractivity contribution is 5.76. The van der Waals surface area contributed by atoms with E-state index in [0.717, 1.165) is 43.7 Å². The van der Waals surface area contributed by atoms with Crippen molar-refractivity contribution in [2.24, 2.45) is 0 Å². The Labute approximate surface area is 143 Å². The van der Waals surface area contributed by atoms with Gasteiger partial charge in [0.15, 0.2) is 0 Å². The van der Waals surface area contributed by atoms with Gasteiger partial charge in [0.1, 0.15) is 5.75 Å². The molecule has 0 fully saturated rings. The summed E-state index contributed by atoms with van der Waals surface area (Å²) in [5, 5.41) is 7.69. The Morgan fingerprint density at radius 1 is 1.25 bits per heavy atom. The largest absolute Gasteiger partial charge is 0.497 e. The summed E-state index contributed by atoms with van der Waals surface area (Å²) in [5.74, 6) is 1.03. The molecule has 1 aromatic heterocycles. The Morgan fingerprint density at radius 2 is 2.04 bits per heavy atom. The average molecular weight is 330 g/mol. The van der Waals surface area contributed by atoms with Gasteiger partial charge in [-0.3, -0.25) is 9.48 Å². The highest BCUT2D eigenvalue weighted by Gasteiger charge is 2.13. The number of aromatic nitrogens is 3. The van der Waals surface area contributed by atoms with E-state index in [9.17, 15) is 4.79 Å². The average Bonchev–Trinajstić information content (AvgIpc) is 3.12. The Bertz CT molecular complexity index is 596. The summed E-state index contributed by atoms with van der Waals surface area (Å²) in [5.41, 5.74) is 1.12. The SMILES string of the molecule is CCCCN(Cc1ccc(OC)cc1)C(=O)CCCn1ccnn1. The summed E-state index contributed by atoms with van der Waals surface area (Å²) in [7, 11) is 1.65. The molecule has 0 spiro atoms. The molecule has 0 bridgehead atoms. The summed E-state index contributed by atoms with van der Waals surface area (Å²) in [6.45, 7) is 4.30. The monoisotopic (exact) mass is 330 g/mol. The lowest BCUT2D eigenvalue weighted by molar-refractivity contribution is -0.132. The van der Waals surface area contributed by atoms with Gasteiger partial charge in [0.25, 0.3) is 0 Å². The molecule has 0 radical (unpaired) electrons. The van der Waals surface area contributed by atoms with Gasteiger partial charge < -0.3 is 9.64 Å². The summed E-state index contributed by atoms with van der Waals surface area (Å²) >= 11 is 0. The van der Waals surface area contributed by atoms with Crippen LogP contribution in [0.5, 0.6) is 5.75 Å². The fourth-order valence-corrected chi connectivity index (χ4v) is 2.49. The molecule has 0 saturated heterocycles. The fraction of sp³-hybridized carbons (Fsp3) is 0.500. The van der Waals surface area contributed by atoms with Gasteiger partial charge >= 0.3 is 0 Å². The molecular formula is C18H26N4O2. The highest BCUT2D eigenvalue weighted by atomic mass is 16.5. The number of hydrogen-bond acceptors (Lipinski definition) is 4. The number of amides is 1. The van der Waals surface area contributed by atoms with E-state index < -0.39 is 0 Å². The lowest BCUT2D eigenvalue weighted by Crippen LogP contribution is -2.31. The minimum absolute atomic E-state index is 0.194. The first-order valence-electron chi connectivity index (χ1n) is 8.47. The number of unbranched alkanes of at least 4 members (excludes halogenated alkanes) is 1. The van der Waals surface area contributed by atoms with Crippen molar-refractivity contribution in [2.45, 2.75) is 45.7 Å². The second-order valence-electron chi connectivity index (χ2n) is 5.79. The second kappa shape index (κ2) is 9.70. The molecule has 0 N–H and O–H groups in total. The van der Waals surface area contributed by atoms with Crippen molar-refractivity contribution in [1.82, 2.24) is 19.9 Å². The van der Waals surface area contributed by atoms with Crippen molar-refractivity contribution in [1.29, 1.82) is 0 Å². The third-order valence-corrected chi connectivity index (χ3v) is 3.92. The number of benzene rings is 1. The lowest BCUT2D eigenvalue weighted by atomic mass is 10.1. The van der Waals surface area contributed by atoms with Crippen LogP contribution in [-0.2, 0) is 17.9 Å². The maximum Gasteiger partial charge on any atom is 0.222 e. The van der Waals surface area contributed by atoms with Gasteiger partial charge in [-0.2, -0.15) is 0 Å². The maximum atomic E-state index is 12.6. The molecular weight excluding hydrogens is 304 g/mol. The number of hydrogen-bond donors (Lipinski definition) is 0. The smallest absolute Gasteiger partial charge is 0.222 e. The van der Waals surface area contributed by atoms with Gasteiger partial charge in [0, 0.05) is 32.3 Å². The molecule has 0 aliphatic carbocycles.